The molecular formula is C22H30N4O2. The minimum absolute atomic E-state index is 0.162. The maximum atomic E-state index is 12.8. The lowest BCUT2D eigenvalue weighted by atomic mass is 9.96. The van der Waals surface area contributed by atoms with Gasteiger partial charge in [0.2, 0.25) is 5.91 Å². The summed E-state index contributed by atoms with van der Waals surface area (Å²) < 4.78 is 7.94. The molecule has 1 aromatic carbocycles. The fourth-order valence-corrected chi connectivity index (χ4v) is 4.21. The van der Waals surface area contributed by atoms with E-state index in [1.807, 2.05) is 34.0 Å². The highest BCUT2D eigenvalue weighted by Crippen LogP contribution is 2.23. The van der Waals surface area contributed by atoms with Gasteiger partial charge < -0.3 is 15.0 Å². The van der Waals surface area contributed by atoms with E-state index in [1.165, 1.54) is 17.7 Å². The van der Waals surface area contributed by atoms with Crippen molar-refractivity contribution in [3.8, 4) is 0 Å². The van der Waals surface area contributed by atoms with Crippen LogP contribution in [0.25, 0.3) is 0 Å². The minimum atomic E-state index is 0.162. The Bertz CT molecular complexity index is 747. The summed E-state index contributed by atoms with van der Waals surface area (Å²) in [7, 11) is 0. The largest absolute Gasteiger partial charge is 0.373 e. The Morgan fingerprint density at radius 3 is 2.71 bits per heavy atom. The highest BCUT2D eigenvalue weighted by atomic mass is 16.5. The second-order valence-electron chi connectivity index (χ2n) is 7.83. The molecule has 2 aliphatic rings. The van der Waals surface area contributed by atoms with E-state index >= 15 is 0 Å². The van der Waals surface area contributed by atoms with Crippen LogP contribution in [0.5, 0.6) is 0 Å². The number of likely N-dealkylation sites (tertiary alicyclic amines) is 1. The fraction of sp³-hybridized carbons (Fsp3) is 0.545. The number of hydrogen-bond acceptors (Lipinski definition) is 4. The van der Waals surface area contributed by atoms with Crippen molar-refractivity contribution in [1.82, 2.24) is 20.0 Å². The number of amides is 1. The van der Waals surface area contributed by atoms with Gasteiger partial charge in [-0.05, 0) is 43.9 Å². The minimum Gasteiger partial charge on any atom is -0.373 e. The molecule has 1 N–H and O–H groups in total. The number of piperidine rings is 2. The SMILES string of the molecule is O=C(Cn1nccc1[C@H]1CCCNC1)N1CCC(OCc2ccccc2)CC1. The summed E-state index contributed by atoms with van der Waals surface area (Å²) in [5, 5.41) is 7.87. The smallest absolute Gasteiger partial charge is 0.244 e. The van der Waals surface area contributed by atoms with Crippen LogP contribution in [0.3, 0.4) is 0 Å². The lowest BCUT2D eigenvalue weighted by molar-refractivity contribution is -0.134. The molecule has 1 atom stereocenters. The monoisotopic (exact) mass is 382 g/mol. The van der Waals surface area contributed by atoms with Crippen LogP contribution in [-0.2, 0) is 22.7 Å². The third-order valence-corrected chi connectivity index (χ3v) is 5.87. The molecule has 2 fully saturated rings. The number of nitrogens with zero attached hydrogens (tertiary/aromatic N) is 3. The summed E-state index contributed by atoms with van der Waals surface area (Å²) in [5.74, 6) is 0.622. The first-order valence-corrected chi connectivity index (χ1v) is 10.5. The second-order valence-corrected chi connectivity index (χ2v) is 7.83. The van der Waals surface area contributed by atoms with Gasteiger partial charge in [-0.25, -0.2) is 0 Å². The summed E-state index contributed by atoms with van der Waals surface area (Å²) in [6.45, 7) is 4.58. The molecule has 0 aliphatic carbocycles. The van der Waals surface area contributed by atoms with Crippen molar-refractivity contribution in [3.63, 3.8) is 0 Å². The zero-order chi connectivity index (χ0) is 19.2. The standard InChI is InChI=1S/C22H30N4O2/c27-22(16-26-21(8-12-24-26)19-7-4-11-23-15-19)25-13-9-20(10-14-25)28-17-18-5-2-1-3-6-18/h1-3,5-6,8,12,19-20,23H,4,7,9-11,13-17H2/t19-/m0/s1. The zero-order valence-electron chi connectivity index (χ0n) is 16.4. The number of carbonyl (C=O) groups excluding carboxylic acids is 1. The Morgan fingerprint density at radius 2 is 1.96 bits per heavy atom. The molecule has 3 heterocycles. The van der Waals surface area contributed by atoms with Crippen LogP contribution in [0.1, 0.15) is 42.9 Å². The van der Waals surface area contributed by atoms with Crippen molar-refractivity contribution in [1.29, 1.82) is 0 Å². The van der Waals surface area contributed by atoms with Crippen LogP contribution < -0.4 is 5.32 Å². The van der Waals surface area contributed by atoms with Gasteiger partial charge in [-0.3, -0.25) is 9.48 Å². The van der Waals surface area contributed by atoms with Crippen molar-refractivity contribution in [3.05, 3.63) is 53.9 Å². The molecule has 2 saturated heterocycles. The Hall–Kier alpha value is -2.18. The van der Waals surface area contributed by atoms with Gasteiger partial charge in [0.05, 0.1) is 12.7 Å². The van der Waals surface area contributed by atoms with Crippen LogP contribution in [0.15, 0.2) is 42.6 Å². The molecule has 1 aromatic heterocycles. The summed E-state index contributed by atoms with van der Waals surface area (Å²) >= 11 is 0. The Kier molecular flexibility index (Phi) is 6.39. The van der Waals surface area contributed by atoms with Crippen molar-refractivity contribution >= 4 is 5.91 Å². The molecule has 4 rings (SSSR count). The van der Waals surface area contributed by atoms with Crippen molar-refractivity contribution in [2.75, 3.05) is 26.2 Å². The van der Waals surface area contributed by atoms with Gasteiger partial charge in [-0.1, -0.05) is 30.3 Å². The first kappa shape index (κ1) is 19.2. The van der Waals surface area contributed by atoms with Gasteiger partial charge in [0, 0.05) is 37.4 Å². The molecule has 150 valence electrons. The second kappa shape index (κ2) is 9.34. The molecule has 0 radical (unpaired) electrons. The molecule has 2 aromatic rings. The molecule has 0 saturated carbocycles. The predicted molar refractivity (Wildman–Crippen MR) is 108 cm³/mol. The van der Waals surface area contributed by atoms with E-state index < -0.39 is 0 Å². The number of rotatable bonds is 6. The van der Waals surface area contributed by atoms with Gasteiger partial charge in [-0.15, -0.1) is 0 Å². The van der Waals surface area contributed by atoms with Gasteiger partial charge in [0.25, 0.3) is 0 Å². The van der Waals surface area contributed by atoms with Gasteiger partial charge >= 0.3 is 0 Å². The molecule has 0 bridgehead atoms. The van der Waals surface area contributed by atoms with Crippen LogP contribution in [-0.4, -0.2) is 52.9 Å². The molecule has 6 nitrogen and oxygen atoms in total. The van der Waals surface area contributed by atoms with E-state index in [1.54, 1.807) is 0 Å². The summed E-state index contributed by atoms with van der Waals surface area (Å²) in [4.78, 5) is 14.8. The van der Waals surface area contributed by atoms with Crippen LogP contribution in [0.4, 0.5) is 0 Å². The fourth-order valence-electron chi connectivity index (χ4n) is 4.21. The van der Waals surface area contributed by atoms with E-state index in [4.69, 9.17) is 4.74 Å². The van der Waals surface area contributed by atoms with E-state index in [0.717, 1.165) is 45.4 Å². The number of hydrogen-bond donors (Lipinski definition) is 1. The van der Waals surface area contributed by atoms with E-state index in [-0.39, 0.29) is 12.0 Å². The maximum Gasteiger partial charge on any atom is 0.244 e. The van der Waals surface area contributed by atoms with Crippen LogP contribution >= 0.6 is 0 Å². The van der Waals surface area contributed by atoms with Crippen LogP contribution in [0.2, 0.25) is 0 Å². The molecule has 0 unspecified atom stereocenters. The van der Waals surface area contributed by atoms with E-state index in [2.05, 4.69) is 28.6 Å². The lowest BCUT2D eigenvalue weighted by Crippen LogP contribution is -2.42. The molecule has 28 heavy (non-hydrogen) atoms. The Morgan fingerprint density at radius 1 is 1.14 bits per heavy atom. The van der Waals surface area contributed by atoms with Crippen LogP contribution in [0, 0.1) is 0 Å². The molecule has 2 aliphatic heterocycles. The molecule has 1 amide bonds. The van der Waals surface area contributed by atoms with Crippen molar-refractivity contribution in [2.24, 2.45) is 0 Å². The third kappa shape index (κ3) is 4.80. The van der Waals surface area contributed by atoms with Gasteiger partial charge in [0.1, 0.15) is 6.54 Å². The number of benzene rings is 1. The first-order valence-electron chi connectivity index (χ1n) is 10.5. The lowest BCUT2D eigenvalue weighted by Gasteiger charge is -2.32. The topological polar surface area (TPSA) is 59.4 Å². The number of aromatic nitrogens is 2. The quantitative estimate of drug-likeness (QED) is 0.834. The van der Waals surface area contributed by atoms with Crippen molar-refractivity contribution < 1.29 is 9.53 Å². The number of nitrogens with one attached hydrogen (secondary N) is 1. The first-order chi connectivity index (χ1) is 13.8. The average molecular weight is 383 g/mol. The van der Waals surface area contributed by atoms with Crippen molar-refractivity contribution in [2.45, 2.75) is 50.9 Å². The maximum absolute atomic E-state index is 12.8. The summed E-state index contributed by atoms with van der Waals surface area (Å²) in [6, 6.07) is 12.3. The summed E-state index contributed by atoms with van der Waals surface area (Å²) in [5.41, 5.74) is 2.38. The van der Waals surface area contributed by atoms with Gasteiger partial charge in [-0.2, -0.15) is 5.10 Å². The van der Waals surface area contributed by atoms with E-state index in [0.29, 0.717) is 19.1 Å². The highest BCUT2D eigenvalue weighted by molar-refractivity contribution is 5.76. The van der Waals surface area contributed by atoms with E-state index in [9.17, 15) is 4.79 Å². The molecule has 0 spiro atoms. The highest BCUT2D eigenvalue weighted by Gasteiger charge is 2.25. The molecular weight excluding hydrogens is 352 g/mol. The zero-order valence-corrected chi connectivity index (χ0v) is 16.4. The normalized spacial score (nSPS) is 21.0. The third-order valence-electron chi connectivity index (χ3n) is 5.87. The predicted octanol–water partition coefficient (Wildman–Crippen LogP) is 2.56. The average Bonchev–Trinajstić information content (AvgIpc) is 3.22. The summed E-state index contributed by atoms with van der Waals surface area (Å²) in [6.07, 6.45) is 6.20. The number of carbonyl (C=O) groups is 1. The van der Waals surface area contributed by atoms with Gasteiger partial charge in [0.15, 0.2) is 0 Å². The Labute approximate surface area is 166 Å². The molecule has 6 heteroatoms. The number of ether oxygens (including phenoxy) is 1. The Balaban J connectivity index is 1.25.